The number of carbonyl (C=O) groups is 12. The molecule has 1 unspecified atom stereocenters. The fourth-order valence-electron chi connectivity index (χ4n) is 16.2. The third-order valence-corrected chi connectivity index (χ3v) is 27.2. The standard InChI is InChI=1S/C92H155N37O18S3/c1-8-110-69(91(4,5)57-49-55(149(142,143)144)35-34-53(57)2)31-11-9-12-32-70-92(6,7)58-50-56(150(145,146)147)36-37-67(58)128(70)47-14-10-13-33-71(130)111-46-48-129-72(131)51-68(82(129)141)148-52-66(73(93)132)127-81(140)65(30-22-45-119-90(108)109)126-80(139)64(29-21-44-118-89(106)107)125-79(138)63(28-20-43-117-88(104)105)124-78(137)62(27-19-42-116-87(102)103)123-77(136)61(26-18-41-115-86(100)101)122-76(135)60(25-17-40-114-85(98)99)121-75(134)59(24-16-39-113-84(96)97)120-74(133)54(3)23-15-38-112-83(94)95/h9,11-12,31-32,34-37,49-50,54,59-66,68H,8,10,13-30,33,38-48,51-52H2,1-7H3,(H2,93,132)(H,111,130)(H,120,133)(H,121,134)(H,122,135)(H,123,136)(H,124,137)(H,125,138)(H,126,139)(H,127,140)(H4,94,95,112)(H4,96,97,113)(H4,98,99,114)(H4,100,101,115)(H4,102,103,116)(H4,104,105,117)(H4,106,107,118)(H4,108,109,119)(H,142,143,144)(H,145,146,147)/b12-9+,31-11+,70-32+,110-69?/t54-,59-,60-,61-,62-,63-,64-,65-,66-,68?/m1/s1. The summed E-state index contributed by atoms with van der Waals surface area (Å²) in [6.45, 7) is 13.5. The number of nitrogens with one attached hydrogen (secondary N) is 25. The zero-order valence-corrected chi connectivity index (χ0v) is 88.3. The summed E-state index contributed by atoms with van der Waals surface area (Å²) in [5.74, 6) is -14.7. The molecule has 0 spiro atoms. The lowest BCUT2D eigenvalue weighted by molar-refractivity contribution is -0.138. The molecule has 4 rings (SSSR count). The molecular formula is C92H155N37O18S3. The average molecular weight is 2160 g/mol. The SMILES string of the molecule is CCN=C(/C=C/C=C/C=C1/N(CCCCCC(=O)NCCN2C(=O)CC(SC[C@@H](NC(=O)[C@@H](CCCNC(=N)N)NC(=O)[C@@H](CCCNC(=N)N)NC(=O)[C@@H](CCCNC(=N)N)NC(=O)[C@@H](CCCNC(=N)N)NC(=O)[C@@H](CCCNC(=N)N)NC(=O)[C@@H](CCCNC(=N)N)NC(=O)[C@@H](CCCNC(=N)N)NC(=O)[C@H](C)CCCNC(=N)N)C(N)=O)C2=O)c2ccc(S(=O)(=O)O)cc2C1(C)C)C(C)(C)c1cc(S(=O)(=O)O)ccc1C. The van der Waals surface area contributed by atoms with Crippen molar-refractivity contribution in [3.63, 3.8) is 0 Å². The van der Waals surface area contributed by atoms with E-state index in [9.17, 15) is 69.1 Å². The van der Waals surface area contributed by atoms with Gasteiger partial charge in [0.25, 0.3) is 20.2 Å². The Kier molecular flexibility index (Phi) is 54.3. The molecule has 45 N–H and O–H groups in total. The van der Waals surface area contributed by atoms with Crippen molar-refractivity contribution in [3.05, 3.63) is 89.2 Å². The molecule has 0 radical (unpaired) electrons. The Bertz CT molecular complexity index is 5450. The fraction of sp³-hybridized carbons (Fsp3) is 0.576. The Labute approximate surface area is 877 Å². The molecule has 834 valence electrons. The molecule has 10 atom stereocenters. The monoisotopic (exact) mass is 2160 g/mol. The number of allylic oxidation sites excluding steroid dienone is 6. The highest BCUT2D eigenvalue weighted by Gasteiger charge is 2.44. The van der Waals surface area contributed by atoms with Gasteiger partial charge in [-0.25, -0.2) is 0 Å². The van der Waals surface area contributed by atoms with Crippen molar-refractivity contribution < 1.29 is 83.5 Å². The predicted octanol–water partition coefficient (Wildman–Crippen LogP) is -4.34. The van der Waals surface area contributed by atoms with Gasteiger partial charge < -0.3 is 147 Å². The molecule has 58 heteroatoms. The molecular weight excluding hydrogens is 2010 g/mol. The van der Waals surface area contributed by atoms with Crippen LogP contribution in [0.2, 0.25) is 0 Å². The molecule has 0 bridgehead atoms. The second kappa shape index (κ2) is 63.9. The van der Waals surface area contributed by atoms with Gasteiger partial charge in [0.1, 0.15) is 48.3 Å². The molecule has 12 amide bonds. The number of aryl methyl sites for hydroxylation is 1. The number of imide groups is 1. The van der Waals surface area contributed by atoms with Gasteiger partial charge in [0.05, 0.1) is 15.0 Å². The number of rotatable bonds is 69. The maximum Gasteiger partial charge on any atom is 0.294 e. The number of fused-ring (bicyclic) bond motifs is 1. The number of thioether (sulfide) groups is 1. The van der Waals surface area contributed by atoms with Crippen LogP contribution in [-0.2, 0) is 88.6 Å². The molecule has 2 aromatic carbocycles. The van der Waals surface area contributed by atoms with Gasteiger partial charge in [-0.15, -0.1) is 11.8 Å². The second-order valence-corrected chi connectivity index (χ2v) is 41.0. The van der Waals surface area contributed by atoms with Crippen molar-refractivity contribution in [2.24, 2.45) is 62.5 Å². The number of nitrogens with zero attached hydrogens (tertiary/aromatic N) is 3. The summed E-state index contributed by atoms with van der Waals surface area (Å²) < 4.78 is 69.0. The molecule has 150 heavy (non-hydrogen) atoms. The first-order valence-corrected chi connectivity index (χ1v) is 53.1. The molecule has 2 aromatic rings. The van der Waals surface area contributed by atoms with E-state index in [1.807, 2.05) is 64.7 Å². The molecule has 0 aliphatic carbocycles. The summed E-state index contributed by atoms with van der Waals surface area (Å²) in [6, 6.07) is -3.73. The van der Waals surface area contributed by atoms with Gasteiger partial charge in [-0.3, -0.25) is 120 Å². The van der Waals surface area contributed by atoms with Crippen LogP contribution in [0, 0.1) is 56.1 Å². The van der Waals surface area contributed by atoms with E-state index in [1.165, 1.54) is 24.3 Å². The van der Waals surface area contributed by atoms with Crippen LogP contribution in [0.5, 0.6) is 0 Å². The Balaban J connectivity index is 1.57. The molecule has 1 saturated heterocycles. The minimum absolute atomic E-state index is 0.00102. The fourth-order valence-corrected chi connectivity index (χ4v) is 18.5. The van der Waals surface area contributed by atoms with Crippen molar-refractivity contribution >= 4 is 162 Å². The van der Waals surface area contributed by atoms with Crippen LogP contribution in [0.25, 0.3) is 0 Å². The van der Waals surface area contributed by atoms with Crippen molar-refractivity contribution in [2.45, 2.75) is 258 Å². The van der Waals surface area contributed by atoms with E-state index in [0.29, 0.717) is 67.7 Å². The van der Waals surface area contributed by atoms with Gasteiger partial charge in [-0.05, 0) is 189 Å². The smallest absolute Gasteiger partial charge is 0.294 e. The Morgan fingerprint density at radius 1 is 0.453 bits per heavy atom. The highest BCUT2D eigenvalue weighted by atomic mass is 32.2. The van der Waals surface area contributed by atoms with Gasteiger partial charge >= 0.3 is 0 Å². The first-order chi connectivity index (χ1) is 70.5. The van der Waals surface area contributed by atoms with Gasteiger partial charge in [-0.2, -0.15) is 16.8 Å². The van der Waals surface area contributed by atoms with Crippen LogP contribution in [0.4, 0.5) is 5.69 Å². The number of anilines is 1. The van der Waals surface area contributed by atoms with Crippen molar-refractivity contribution in [1.29, 1.82) is 43.3 Å². The number of aliphatic imine (C=N–C) groups is 1. The lowest BCUT2D eigenvalue weighted by Crippen LogP contribution is -2.60. The quantitative estimate of drug-likeness (QED) is 0.00743. The Morgan fingerprint density at radius 2 is 0.800 bits per heavy atom. The molecule has 2 heterocycles. The third-order valence-electron chi connectivity index (χ3n) is 24.2. The summed E-state index contributed by atoms with van der Waals surface area (Å²) >= 11 is 0.816. The van der Waals surface area contributed by atoms with Crippen LogP contribution >= 0.6 is 11.8 Å². The normalized spacial score (nSPS) is 15.5. The van der Waals surface area contributed by atoms with Crippen molar-refractivity contribution in [2.75, 3.05) is 89.2 Å². The zero-order chi connectivity index (χ0) is 112. The van der Waals surface area contributed by atoms with Gasteiger partial charge in [0.2, 0.25) is 70.9 Å². The van der Waals surface area contributed by atoms with E-state index < -0.39 is 197 Å². The third kappa shape index (κ3) is 46.0. The number of hydrogen-bond donors (Lipinski definition) is 36. The maximum atomic E-state index is 15.1. The van der Waals surface area contributed by atoms with E-state index in [4.69, 9.17) is 99.9 Å². The summed E-state index contributed by atoms with van der Waals surface area (Å²) in [6.07, 6.45) is 9.59. The summed E-state index contributed by atoms with van der Waals surface area (Å²) in [5.41, 5.74) is 52.9. The van der Waals surface area contributed by atoms with E-state index in [0.717, 1.165) is 27.9 Å². The number of unbranched alkanes of at least 4 members (excludes halogenated alkanes) is 2. The number of primary amides is 1. The van der Waals surface area contributed by atoms with Crippen LogP contribution in [0.3, 0.4) is 0 Å². The number of hydrogen-bond acceptors (Lipinski definition) is 27. The van der Waals surface area contributed by atoms with E-state index in [1.54, 1.807) is 31.2 Å². The van der Waals surface area contributed by atoms with Gasteiger partial charge in [-0.1, -0.05) is 65.3 Å². The number of carbonyl (C=O) groups excluding carboxylic acids is 12. The van der Waals surface area contributed by atoms with Gasteiger partial charge in [0.15, 0.2) is 47.7 Å². The second-order valence-electron chi connectivity index (χ2n) is 36.9. The zero-order valence-electron chi connectivity index (χ0n) is 85.9. The topological polar surface area (TPSA) is 962 Å². The van der Waals surface area contributed by atoms with Crippen molar-refractivity contribution in [1.82, 2.24) is 95.3 Å². The van der Waals surface area contributed by atoms with Crippen molar-refractivity contribution in [3.8, 4) is 0 Å². The number of nitrogens with two attached hydrogens (primary N) is 9. The first-order valence-electron chi connectivity index (χ1n) is 49.2. The minimum Gasteiger partial charge on any atom is -0.370 e. The molecule has 2 aliphatic rings. The van der Waals surface area contributed by atoms with E-state index in [-0.39, 0.29) is 196 Å². The lowest BCUT2D eigenvalue weighted by atomic mass is 9.77. The Hall–Kier alpha value is -14.7. The highest BCUT2D eigenvalue weighted by molar-refractivity contribution is 8.00. The highest BCUT2D eigenvalue weighted by Crippen LogP contribution is 2.49. The number of benzene rings is 2. The molecule has 1 fully saturated rings. The van der Waals surface area contributed by atoms with Crippen LogP contribution in [0.15, 0.2) is 87.3 Å². The summed E-state index contributed by atoms with van der Waals surface area (Å²) in [5, 5.41) is 105. The summed E-state index contributed by atoms with van der Waals surface area (Å²) in [4.78, 5) is 179. The number of guanidine groups is 8. The Morgan fingerprint density at radius 3 is 1.15 bits per heavy atom. The average Bonchev–Trinajstić information content (AvgIpc) is 1.59. The minimum atomic E-state index is -4.59. The molecule has 0 saturated carbocycles. The largest absolute Gasteiger partial charge is 0.370 e. The van der Waals surface area contributed by atoms with E-state index >= 15 is 14.4 Å². The number of amides is 12. The molecule has 55 nitrogen and oxygen atoms in total. The van der Waals surface area contributed by atoms with Crippen LogP contribution in [-0.4, -0.2) is 293 Å². The van der Waals surface area contributed by atoms with Crippen LogP contribution < -0.4 is 147 Å². The molecule has 2 aliphatic heterocycles. The summed E-state index contributed by atoms with van der Waals surface area (Å²) in [7, 11) is -9.09. The molecule has 0 aromatic heterocycles. The first kappa shape index (κ1) is 128. The maximum absolute atomic E-state index is 15.1. The van der Waals surface area contributed by atoms with Crippen LogP contribution in [0.1, 0.15) is 193 Å². The van der Waals surface area contributed by atoms with Gasteiger partial charge in [0, 0.05) is 131 Å². The lowest BCUT2D eigenvalue weighted by Gasteiger charge is -2.28. The van der Waals surface area contributed by atoms with E-state index in [2.05, 4.69) is 90.4 Å². The number of likely N-dealkylation sites (tertiary alicyclic amines) is 1. The predicted molar refractivity (Wildman–Crippen MR) is 571 cm³/mol.